The van der Waals surface area contributed by atoms with E-state index in [1.165, 1.54) is 28.8 Å². The topological polar surface area (TPSA) is 39.4 Å². The first-order valence-electron chi connectivity index (χ1n) is 12.4. The monoisotopic (exact) mass is 545 g/mol. The van der Waals surface area contributed by atoms with E-state index < -0.39 is 6.36 Å². The van der Waals surface area contributed by atoms with Gasteiger partial charge in [0.2, 0.25) is 0 Å². The molecule has 0 saturated carbocycles. The molecule has 0 atom stereocenters. The molecule has 39 heavy (non-hydrogen) atoms. The second kappa shape index (κ2) is 10.6. The van der Waals surface area contributed by atoms with Crippen molar-refractivity contribution in [2.45, 2.75) is 33.6 Å². The van der Waals surface area contributed by atoms with E-state index >= 15 is 0 Å². The van der Waals surface area contributed by atoms with Gasteiger partial charge < -0.3 is 4.74 Å². The van der Waals surface area contributed by atoms with Crippen LogP contribution >= 0.6 is 12.2 Å². The van der Waals surface area contributed by atoms with Crippen molar-refractivity contribution in [3.05, 3.63) is 101 Å². The lowest BCUT2D eigenvalue weighted by atomic mass is 9.99. The summed E-state index contributed by atoms with van der Waals surface area (Å²) in [5, 5.41) is 2.00. The maximum atomic E-state index is 12.5. The number of rotatable bonds is 7. The normalized spacial score (nSPS) is 12.1. The van der Waals surface area contributed by atoms with E-state index in [9.17, 15) is 13.2 Å². The fraction of sp³-hybridized carbons (Fsp3) is 0.194. The van der Waals surface area contributed by atoms with Crippen molar-refractivity contribution in [1.29, 1.82) is 0 Å². The number of halogens is 3. The van der Waals surface area contributed by atoms with E-state index in [-0.39, 0.29) is 5.75 Å². The number of hydrogen-bond donors (Lipinski definition) is 0. The highest BCUT2D eigenvalue weighted by atomic mass is 32.1. The van der Waals surface area contributed by atoms with Crippen molar-refractivity contribution < 1.29 is 17.9 Å². The zero-order chi connectivity index (χ0) is 27.7. The van der Waals surface area contributed by atoms with E-state index in [0.29, 0.717) is 12.2 Å². The lowest BCUT2D eigenvalue weighted by molar-refractivity contribution is -0.274. The van der Waals surface area contributed by atoms with E-state index in [4.69, 9.17) is 17.2 Å². The molecule has 1 aromatic heterocycles. The first kappa shape index (κ1) is 26.6. The predicted octanol–water partition coefficient (Wildman–Crippen LogP) is 8.03. The summed E-state index contributed by atoms with van der Waals surface area (Å²) in [7, 11) is 0. The number of alkyl halides is 3. The van der Waals surface area contributed by atoms with Crippen LogP contribution in [0.3, 0.4) is 0 Å². The third kappa shape index (κ3) is 5.86. The van der Waals surface area contributed by atoms with Gasteiger partial charge in [-0.1, -0.05) is 48.6 Å². The number of fused-ring (bicyclic) bond motifs is 3. The van der Waals surface area contributed by atoms with Gasteiger partial charge in [0.05, 0.1) is 17.6 Å². The van der Waals surface area contributed by atoms with Crippen LogP contribution < -0.4 is 4.74 Å². The number of aryl methyl sites for hydroxylation is 3. The fourth-order valence-electron chi connectivity index (χ4n) is 4.84. The minimum absolute atomic E-state index is 0.265. The summed E-state index contributed by atoms with van der Waals surface area (Å²) in [5.74, 6) is 0.462. The maximum Gasteiger partial charge on any atom is 0.573 e. The van der Waals surface area contributed by atoms with Crippen molar-refractivity contribution in [3.8, 4) is 11.4 Å². The Morgan fingerprint density at radius 1 is 0.974 bits per heavy atom. The summed E-state index contributed by atoms with van der Waals surface area (Å²) < 4.78 is 43.5. The molecule has 0 saturated heterocycles. The summed E-state index contributed by atoms with van der Waals surface area (Å²) >= 11 is 5.60. The highest BCUT2D eigenvalue weighted by Gasteiger charge is 2.31. The van der Waals surface area contributed by atoms with Crippen LogP contribution in [0.4, 0.5) is 13.2 Å². The summed E-state index contributed by atoms with van der Waals surface area (Å²) in [4.78, 5) is 10.2. The second-order valence-corrected chi connectivity index (χ2v) is 10.1. The minimum atomic E-state index is -4.73. The van der Waals surface area contributed by atoms with Gasteiger partial charge in [0.25, 0.3) is 0 Å². The third-order valence-electron chi connectivity index (χ3n) is 6.69. The van der Waals surface area contributed by atoms with E-state index in [1.807, 2.05) is 42.0 Å². The number of ether oxygens (including phenoxy) is 1. The molecule has 0 amide bonds. The van der Waals surface area contributed by atoms with Gasteiger partial charge in [-0.05, 0) is 84.8 Å². The minimum Gasteiger partial charge on any atom is -0.406 e. The number of aliphatic imine (C=N–C) groups is 1. The Hall–Kier alpha value is -4.04. The summed E-state index contributed by atoms with van der Waals surface area (Å²) in [6.45, 7) is 6.56. The molecule has 0 N–H and O–H groups in total. The molecule has 0 aliphatic rings. The maximum absolute atomic E-state index is 12.5. The molecule has 4 nitrogen and oxygen atoms in total. The van der Waals surface area contributed by atoms with Crippen LogP contribution in [0.1, 0.15) is 28.1 Å². The third-order valence-corrected chi connectivity index (χ3v) is 6.96. The summed E-state index contributed by atoms with van der Waals surface area (Å²) in [6.07, 6.45) is -2.15. The van der Waals surface area contributed by atoms with Crippen LogP contribution in [0.2, 0.25) is 0 Å². The molecule has 5 rings (SSSR count). The van der Waals surface area contributed by atoms with Gasteiger partial charge in [-0.15, -0.1) is 13.2 Å². The van der Waals surface area contributed by atoms with Gasteiger partial charge in [-0.2, -0.15) is 0 Å². The van der Waals surface area contributed by atoms with Crippen LogP contribution in [0.5, 0.6) is 5.75 Å². The Balaban J connectivity index is 1.36. The lowest BCUT2D eigenvalue weighted by Crippen LogP contribution is -2.17. The van der Waals surface area contributed by atoms with Crippen LogP contribution in [-0.2, 0) is 6.42 Å². The molecule has 4 aromatic carbocycles. The largest absolute Gasteiger partial charge is 0.573 e. The zero-order valence-corrected chi connectivity index (χ0v) is 22.5. The predicted molar refractivity (Wildman–Crippen MR) is 155 cm³/mol. The summed E-state index contributed by atoms with van der Waals surface area (Å²) in [5.41, 5.74) is 7.10. The van der Waals surface area contributed by atoms with Crippen LogP contribution in [0, 0.1) is 20.8 Å². The second-order valence-electron chi connectivity index (χ2n) is 9.51. The molecule has 5 aromatic rings. The molecular formula is C31H26F3N3OS. The van der Waals surface area contributed by atoms with Crippen LogP contribution in [-0.4, -0.2) is 33.5 Å². The first-order chi connectivity index (χ1) is 18.6. The van der Waals surface area contributed by atoms with E-state index in [0.717, 1.165) is 44.5 Å². The molecule has 0 bridgehead atoms. The van der Waals surface area contributed by atoms with Crippen molar-refractivity contribution in [2.24, 2.45) is 4.99 Å². The fourth-order valence-corrected chi connectivity index (χ4v) is 5.06. The molecule has 0 radical (unpaired) electrons. The smallest absolute Gasteiger partial charge is 0.406 e. The van der Waals surface area contributed by atoms with Gasteiger partial charge in [-0.25, -0.2) is 4.98 Å². The molecule has 8 heteroatoms. The van der Waals surface area contributed by atoms with Gasteiger partial charge in [0.15, 0.2) is 0 Å². The first-order valence-corrected chi connectivity index (χ1v) is 12.8. The Morgan fingerprint density at radius 2 is 1.69 bits per heavy atom. The number of nitrogens with zero attached hydrogens (tertiary/aromatic N) is 3. The van der Waals surface area contributed by atoms with Crippen molar-refractivity contribution in [3.63, 3.8) is 0 Å². The average molecular weight is 546 g/mol. The van der Waals surface area contributed by atoms with Crippen molar-refractivity contribution in [2.75, 3.05) is 6.54 Å². The molecule has 0 unspecified atom stereocenters. The zero-order valence-electron chi connectivity index (χ0n) is 21.7. The highest BCUT2D eigenvalue weighted by Crippen LogP contribution is 2.30. The standard InChI is InChI=1S/C31H26F3N3OS/c1-19-5-4-6-20(2)28(19)16-26(39)18-35-17-22-7-13-27-23(15-22)8-14-29-30(27)36-21(3)37(29)24-9-11-25(12-10-24)38-31(32,33)34/h4-15,17H,16,18H2,1-3H3. The van der Waals surface area contributed by atoms with Crippen LogP contribution in [0.25, 0.3) is 27.5 Å². The average Bonchev–Trinajstić information content (AvgIpc) is 3.22. The number of hydrogen-bond acceptors (Lipinski definition) is 4. The Morgan fingerprint density at radius 3 is 2.38 bits per heavy atom. The molecule has 1 heterocycles. The number of benzene rings is 4. The molecule has 0 aliphatic heterocycles. The van der Waals surface area contributed by atoms with E-state index in [1.54, 1.807) is 12.1 Å². The highest BCUT2D eigenvalue weighted by molar-refractivity contribution is 7.80. The quantitative estimate of drug-likeness (QED) is 0.154. The molecule has 0 fully saturated rings. The molecular weight excluding hydrogens is 519 g/mol. The van der Waals surface area contributed by atoms with Gasteiger partial charge in [0, 0.05) is 28.6 Å². The Labute approximate surface area is 229 Å². The number of imidazole rings is 1. The van der Waals surface area contributed by atoms with Crippen LogP contribution in [0.15, 0.2) is 77.8 Å². The van der Waals surface area contributed by atoms with Gasteiger partial charge >= 0.3 is 6.36 Å². The van der Waals surface area contributed by atoms with Gasteiger partial charge in [-0.3, -0.25) is 9.56 Å². The Bertz CT molecular complexity index is 1700. The van der Waals surface area contributed by atoms with Gasteiger partial charge in [0.1, 0.15) is 11.6 Å². The van der Waals surface area contributed by atoms with Crippen molar-refractivity contribution in [1.82, 2.24) is 9.55 Å². The molecule has 0 spiro atoms. The number of thiocarbonyl (C=S) groups is 1. The molecule has 198 valence electrons. The number of aromatic nitrogens is 2. The molecule has 0 aliphatic carbocycles. The van der Waals surface area contributed by atoms with Crippen molar-refractivity contribution >= 4 is 45.1 Å². The SMILES string of the molecule is Cc1cccc(C)c1CC(=S)CN=Cc1ccc2c(ccc3c2nc(C)n3-c2ccc(OC(F)(F)F)cc2)c1. The lowest BCUT2D eigenvalue weighted by Gasteiger charge is -2.11. The Kier molecular flexibility index (Phi) is 7.23. The van der Waals surface area contributed by atoms with E-state index in [2.05, 4.69) is 47.8 Å². The summed E-state index contributed by atoms with van der Waals surface area (Å²) in [6, 6.07) is 22.1.